The predicted molar refractivity (Wildman–Crippen MR) is 200 cm³/mol. The van der Waals surface area contributed by atoms with Crippen LogP contribution in [-0.4, -0.2) is 96.8 Å². The second kappa shape index (κ2) is 13.5. The molecule has 0 radical (unpaired) electrons. The van der Waals surface area contributed by atoms with Crippen LogP contribution in [0, 0.1) is 45.8 Å². The summed E-state index contributed by atoms with van der Waals surface area (Å²) in [5.41, 5.74) is 3.30. The van der Waals surface area contributed by atoms with Crippen molar-refractivity contribution in [2.45, 2.75) is 97.4 Å². The number of carboxylic acids is 1. The number of carboxylic acid groups (broad SMARTS) is 1. The number of aromatic carboxylic acids is 1. The van der Waals surface area contributed by atoms with Gasteiger partial charge in [-0.2, -0.15) is 0 Å². The largest absolute Gasteiger partial charge is 0.478 e. The lowest BCUT2D eigenvalue weighted by Gasteiger charge is -2.71. The molecular formula is C41H61N3O6S. The molecule has 5 fully saturated rings. The van der Waals surface area contributed by atoms with Gasteiger partial charge in [0.2, 0.25) is 0 Å². The van der Waals surface area contributed by atoms with Crippen molar-refractivity contribution in [3.63, 3.8) is 0 Å². The Morgan fingerprint density at radius 1 is 0.902 bits per heavy atom. The maximum Gasteiger partial charge on any atom is 0.335 e. The number of aliphatic hydroxyl groups excluding tert-OH is 1. The molecule has 2 amide bonds. The SMILES string of the molecule is CC1C(c2ccc(C(=O)O)cc2)=CCC2(C)C1CCC1(C)C2CCC2C3CCCC3(NC(=O)N(CCO)CCN3CCS(=O)(=O)CC3)CC[C@]21C. The number of nitrogens with zero attached hydrogens (tertiary/aromatic N) is 2. The summed E-state index contributed by atoms with van der Waals surface area (Å²) in [7, 11) is -2.96. The van der Waals surface area contributed by atoms with E-state index in [1.807, 2.05) is 12.1 Å². The second-order valence-corrected chi connectivity index (χ2v) is 20.3. The monoisotopic (exact) mass is 723 g/mol. The van der Waals surface area contributed by atoms with Crippen LogP contribution >= 0.6 is 0 Å². The molecule has 1 heterocycles. The van der Waals surface area contributed by atoms with Gasteiger partial charge in [0.25, 0.3) is 0 Å². The van der Waals surface area contributed by atoms with Gasteiger partial charge in [-0.3, -0.25) is 4.90 Å². The fraction of sp³-hybridized carbons (Fsp3) is 0.756. The molecular weight excluding hydrogens is 663 g/mol. The fourth-order valence-electron chi connectivity index (χ4n) is 13.2. The maximum absolute atomic E-state index is 14.0. The molecule has 4 saturated carbocycles. The zero-order valence-electron chi connectivity index (χ0n) is 31.3. The molecule has 9 atom stereocenters. The summed E-state index contributed by atoms with van der Waals surface area (Å²) in [6, 6.07) is 7.39. The van der Waals surface area contributed by atoms with Crippen molar-refractivity contribution in [1.82, 2.24) is 15.1 Å². The second-order valence-electron chi connectivity index (χ2n) is 18.0. The van der Waals surface area contributed by atoms with Crippen molar-refractivity contribution < 1.29 is 28.2 Å². The van der Waals surface area contributed by atoms with E-state index in [1.165, 1.54) is 31.3 Å². The van der Waals surface area contributed by atoms with Crippen molar-refractivity contribution in [2.24, 2.45) is 45.8 Å². The van der Waals surface area contributed by atoms with Gasteiger partial charge in [-0.1, -0.05) is 52.3 Å². The van der Waals surface area contributed by atoms with E-state index in [9.17, 15) is 28.2 Å². The van der Waals surface area contributed by atoms with Crippen molar-refractivity contribution in [1.29, 1.82) is 0 Å². The highest BCUT2D eigenvalue weighted by atomic mass is 32.2. The van der Waals surface area contributed by atoms with E-state index >= 15 is 0 Å². The van der Waals surface area contributed by atoms with Gasteiger partial charge in [-0.15, -0.1) is 0 Å². The van der Waals surface area contributed by atoms with Gasteiger partial charge >= 0.3 is 12.0 Å². The molecule has 7 rings (SSSR count). The molecule has 1 aromatic carbocycles. The van der Waals surface area contributed by atoms with Crippen molar-refractivity contribution in [2.75, 3.05) is 50.8 Å². The molecule has 1 aliphatic heterocycles. The smallest absolute Gasteiger partial charge is 0.335 e. The van der Waals surface area contributed by atoms with Crippen LogP contribution in [-0.2, 0) is 9.84 Å². The third-order valence-electron chi connectivity index (χ3n) is 16.2. The van der Waals surface area contributed by atoms with Crippen LogP contribution < -0.4 is 5.32 Å². The first-order valence-electron chi connectivity index (χ1n) is 19.8. The summed E-state index contributed by atoms with van der Waals surface area (Å²) in [6.07, 6.45) is 13.9. The van der Waals surface area contributed by atoms with E-state index in [4.69, 9.17) is 0 Å². The quantitative estimate of drug-likeness (QED) is 0.286. The minimum atomic E-state index is -2.96. The van der Waals surface area contributed by atoms with Crippen molar-refractivity contribution in [3.05, 3.63) is 41.5 Å². The molecule has 0 bridgehead atoms. The molecule has 1 aromatic rings. The number of carbonyl (C=O) groups is 2. The van der Waals surface area contributed by atoms with Crippen LogP contribution in [0.4, 0.5) is 4.79 Å². The van der Waals surface area contributed by atoms with E-state index in [2.05, 4.69) is 44.0 Å². The lowest BCUT2D eigenvalue weighted by molar-refractivity contribution is -0.210. The number of urea groups is 1. The summed E-state index contributed by atoms with van der Waals surface area (Å²) >= 11 is 0. The summed E-state index contributed by atoms with van der Waals surface area (Å²) in [6.45, 7) is 12.5. The molecule has 9 nitrogen and oxygen atoms in total. The first-order valence-corrected chi connectivity index (χ1v) is 21.6. The Balaban J connectivity index is 1.07. The van der Waals surface area contributed by atoms with Crippen molar-refractivity contribution >= 4 is 27.4 Å². The number of nitrogens with one attached hydrogen (secondary N) is 1. The highest BCUT2D eigenvalue weighted by molar-refractivity contribution is 7.91. The fourth-order valence-corrected chi connectivity index (χ4v) is 14.5. The van der Waals surface area contributed by atoms with Gasteiger partial charge in [-0.25, -0.2) is 18.0 Å². The van der Waals surface area contributed by atoms with Crippen LogP contribution in [0.1, 0.15) is 108 Å². The number of hydrogen-bond donors (Lipinski definition) is 3. The number of rotatable bonds is 8. The summed E-state index contributed by atoms with van der Waals surface area (Å²) < 4.78 is 23.8. The number of benzene rings is 1. The molecule has 282 valence electrons. The Kier molecular flexibility index (Phi) is 9.74. The maximum atomic E-state index is 14.0. The number of carbonyl (C=O) groups excluding carboxylic acids is 1. The molecule has 3 N–H and O–H groups in total. The van der Waals surface area contributed by atoms with Gasteiger partial charge in [-0.05, 0) is 127 Å². The Bertz CT molecular complexity index is 1630. The summed E-state index contributed by atoms with van der Waals surface area (Å²) in [5, 5.41) is 22.9. The lowest BCUT2D eigenvalue weighted by Crippen LogP contribution is -2.68. The van der Waals surface area contributed by atoms with Crippen LogP contribution in [0.3, 0.4) is 0 Å². The number of fused-ring (bicyclic) bond motifs is 7. The van der Waals surface area contributed by atoms with Crippen LogP contribution in [0.5, 0.6) is 0 Å². The van der Waals surface area contributed by atoms with Gasteiger partial charge in [0.15, 0.2) is 9.84 Å². The van der Waals surface area contributed by atoms with Gasteiger partial charge in [0.05, 0.1) is 23.7 Å². The Labute approximate surface area is 305 Å². The standard InChI is InChI=1S/C41H61N3O6S/c1-28-31(29-7-9-30(10-8-29)36(46)47)13-16-38(2)32(28)14-17-40(4)35(38)12-11-33-34-6-5-15-41(34,19-18-39(33,40)3)42-37(48)44(22-25-45)21-20-43-23-26-51(49,50)27-24-43/h7-10,13,28,32-35,45H,5-6,11-12,14-27H2,1-4H3,(H,42,48)(H,46,47)/t28?,32?,33?,34?,35?,38?,39-,40?,41?/m1/s1. The summed E-state index contributed by atoms with van der Waals surface area (Å²) in [5.74, 6) is 2.13. The Morgan fingerprint density at radius 2 is 1.63 bits per heavy atom. The summed E-state index contributed by atoms with van der Waals surface area (Å²) in [4.78, 5) is 29.4. The van der Waals surface area contributed by atoms with E-state index in [0.717, 1.165) is 44.1 Å². The highest BCUT2D eigenvalue weighted by Gasteiger charge is 2.68. The zero-order valence-corrected chi connectivity index (χ0v) is 32.1. The average Bonchev–Trinajstić information content (AvgIpc) is 3.51. The van der Waals surface area contributed by atoms with Crippen LogP contribution in [0.15, 0.2) is 30.3 Å². The first-order chi connectivity index (χ1) is 24.2. The molecule has 1 saturated heterocycles. The van der Waals surface area contributed by atoms with Gasteiger partial charge < -0.3 is 20.4 Å². The molecule has 0 aromatic heterocycles. The number of aliphatic hydroxyl groups is 1. The van der Waals surface area contributed by atoms with Gasteiger partial charge in [0, 0.05) is 38.3 Å². The van der Waals surface area contributed by atoms with E-state index in [0.29, 0.717) is 61.3 Å². The predicted octanol–water partition coefficient (Wildman–Crippen LogP) is 6.33. The van der Waals surface area contributed by atoms with E-state index in [1.54, 1.807) is 17.0 Å². The highest BCUT2D eigenvalue weighted by Crippen LogP contribution is 2.75. The number of amides is 2. The molecule has 10 heteroatoms. The first kappa shape index (κ1) is 36.9. The van der Waals surface area contributed by atoms with Crippen molar-refractivity contribution in [3.8, 4) is 0 Å². The zero-order chi connectivity index (χ0) is 36.4. The molecule has 5 aliphatic carbocycles. The minimum Gasteiger partial charge on any atom is -0.478 e. The van der Waals surface area contributed by atoms with Crippen LogP contribution in [0.25, 0.3) is 5.57 Å². The van der Waals surface area contributed by atoms with E-state index in [-0.39, 0.29) is 52.5 Å². The Hall–Kier alpha value is -2.43. The van der Waals surface area contributed by atoms with Gasteiger partial charge in [0.1, 0.15) is 0 Å². The van der Waals surface area contributed by atoms with E-state index < -0.39 is 15.8 Å². The molecule has 6 aliphatic rings. The third kappa shape index (κ3) is 6.17. The number of sulfone groups is 1. The molecule has 8 unspecified atom stereocenters. The third-order valence-corrected chi connectivity index (χ3v) is 17.8. The normalized spacial score (nSPS) is 40.2. The van der Waals surface area contributed by atoms with Crippen LogP contribution in [0.2, 0.25) is 0 Å². The average molecular weight is 724 g/mol. The molecule has 0 spiro atoms. The number of allylic oxidation sites excluding steroid dienone is 2. The Morgan fingerprint density at radius 3 is 2.31 bits per heavy atom. The minimum absolute atomic E-state index is 0.0755. The molecule has 51 heavy (non-hydrogen) atoms. The number of hydrogen-bond acceptors (Lipinski definition) is 6. The lowest BCUT2D eigenvalue weighted by atomic mass is 9.34. The topological polar surface area (TPSA) is 127 Å².